The zero-order valence-electron chi connectivity index (χ0n) is 18.3. The molecule has 1 aliphatic rings. The number of hydrogen-bond donors (Lipinski definition) is 5. The number of hydrazine groups is 2. The number of fused-ring (bicyclic) bond motifs is 1. The summed E-state index contributed by atoms with van der Waals surface area (Å²) in [6, 6.07) is 15.5. The number of nitriles is 1. The lowest BCUT2D eigenvalue weighted by atomic mass is 10.0. The van der Waals surface area contributed by atoms with Crippen molar-refractivity contribution >= 4 is 51.2 Å². The Morgan fingerprint density at radius 1 is 0.972 bits per heavy atom. The van der Waals surface area contributed by atoms with Gasteiger partial charge in [-0.05, 0) is 48.0 Å². The number of anilines is 3. The highest BCUT2D eigenvalue weighted by Gasteiger charge is 2.21. The zero-order valence-corrected chi connectivity index (χ0v) is 19.8. The molecule has 11 heteroatoms. The van der Waals surface area contributed by atoms with E-state index in [1.165, 1.54) is 36.5 Å². The van der Waals surface area contributed by atoms with Gasteiger partial charge in [-0.2, -0.15) is 10.8 Å². The Balaban J connectivity index is 1.59. The van der Waals surface area contributed by atoms with E-state index in [4.69, 9.17) is 23.2 Å². The van der Waals surface area contributed by atoms with Crippen molar-refractivity contribution in [1.29, 1.82) is 5.26 Å². The van der Waals surface area contributed by atoms with Gasteiger partial charge in [-0.3, -0.25) is 4.98 Å². The Bertz CT molecular complexity index is 1530. The molecule has 3 aromatic carbocycles. The number of nitrogens with one attached hydrogen (secondary N) is 5. The summed E-state index contributed by atoms with van der Waals surface area (Å²) >= 11 is 12.5. The molecule has 1 unspecified atom stereocenters. The number of pyridine rings is 1. The molecule has 7 nitrogen and oxygen atoms in total. The predicted molar refractivity (Wildman–Crippen MR) is 136 cm³/mol. The maximum Gasteiger partial charge on any atom is 0.141 e. The maximum atomic E-state index is 13.7. The fourth-order valence-electron chi connectivity index (χ4n) is 3.86. The standard InChI is InChI=1S/C25H17Cl2F2N7/c26-19-8-16(5-6-21(19)29)33-23-14(10-30)11-31-25-18(23)7-17(9-20(25)27)34-24(22-12-32-36-35-22)13-1-3-15(28)4-2-13/h1-9,11-12,24,32,34-36H,(H,31,33). The minimum Gasteiger partial charge on any atom is -0.373 e. The van der Waals surface area contributed by atoms with Gasteiger partial charge in [0.2, 0.25) is 0 Å². The maximum absolute atomic E-state index is 13.7. The number of aromatic nitrogens is 1. The van der Waals surface area contributed by atoms with Crippen LogP contribution < -0.4 is 27.0 Å². The summed E-state index contributed by atoms with van der Waals surface area (Å²) in [6.45, 7) is 0. The van der Waals surface area contributed by atoms with E-state index < -0.39 is 11.9 Å². The molecule has 1 aliphatic heterocycles. The van der Waals surface area contributed by atoms with Crippen molar-refractivity contribution in [2.45, 2.75) is 6.04 Å². The quantitative estimate of drug-likeness (QED) is 0.210. The summed E-state index contributed by atoms with van der Waals surface area (Å²) in [6.07, 6.45) is 3.16. The average Bonchev–Trinajstić information content (AvgIpc) is 3.40. The van der Waals surface area contributed by atoms with Gasteiger partial charge in [0.25, 0.3) is 0 Å². The first-order valence-corrected chi connectivity index (χ1v) is 11.4. The van der Waals surface area contributed by atoms with Crippen LogP contribution in [0.4, 0.5) is 25.8 Å². The van der Waals surface area contributed by atoms with Gasteiger partial charge >= 0.3 is 0 Å². The normalized spacial score (nSPS) is 13.4. The lowest BCUT2D eigenvalue weighted by molar-refractivity contribution is 0.582. The van der Waals surface area contributed by atoms with Crippen LogP contribution in [0.5, 0.6) is 0 Å². The highest BCUT2D eigenvalue weighted by molar-refractivity contribution is 6.36. The molecule has 36 heavy (non-hydrogen) atoms. The second kappa shape index (κ2) is 9.87. The molecule has 1 atom stereocenters. The van der Waals surface area contributed by atoms with Gasteiger partial charge in [0, 0.05) is 29.2 Å². The van der Waals surface area contributed by atoms with E-state index in [2.05, 4.69) is 38.1 Å². The minimum atomic E-state index is -0.553. The molecular formula is C25H17Cl2F2N7. The third-order valence-corrected chi connectivity index (χ3v) is 6.14. The Hall–Kier alpha value is -4.10. The van der Waals surface area contributed by atoms with Crippen molar-refractivity contribution in [3.05, 3.63) is 105 Å². The Morgan fingerprint density at radius 3 is 2.44 bits per heavy atom. The number of halogens is 4. The summed E-state index contributed by atoms with van der Waals surface area (Å²) in [4.78, 5) is 4.36. The highest BCUT2D eigenvalue weighted by atomic mass is 35.5. The van der Waals surface area contributed by atoms with Crippen LogP contribution in [0, 0.1) is 23.0 Å². The third kappa shape index (κ3) is 4.70. The third-order valence-electron chi connectivity index (χ3n) is 5.57. The average molecular weight is 524 g/mol. The zero-order chi connectivity index (χ0) is 25.2. The fourth-order valence-corrected chi connectivity index (χ4v) is 4.31. The molecule has 4 aromatic rings. The van der Waals surface area contributed by atoms with Crippen molar-refractivity contribution in [2.24, 2.45) is 0 Å². The van der Waals surface area contributed by atoms with Gasteiger partial charge in [0.15, 0.2) is 0 Å². The first-order valence-electron chi connectivity index (χ1n) is 10.7. The smallest absolute Gasteiger partial charge is 0.141 e. The summed E-state index contributed by atoms with van der Waals surface area (Å²) < 4.78 is 27.2. The second-order valence-electron chi connectivity index (χ2n) is 7.89. The Labute approximate surface area is 214 Å². The SMILES string of the molecule is N#Cc1cnc2c(Cl)cc(NC(C3=CNNN3)c3ccc(F)cc3)cc2c1Nc1ccc(F)c(Cl)c1. The summed E-state index contributed by atoms with van der Waals surface area (Å²) in [7, 11) is 0. The van der Waals surface area contributed by atoms with Crippen molar-refractivity contribution in [3.63, 3.8) is 0 Å². The van der Waals surface area contributed by atoms with E-state index >= 15 is 0 Å². The van der Waals surface area contributed by atoms with Crippen LogP contribution >= 0.6 is 23.2 Å². The highest BCUT2D eigenvalue weighted by Crippen LogP contribution is 2.37. The van der Waals surface area contributed by atoms with Gasteiger partial charge in [-0.1, -0.05) is 35.3 Å². The van der Waals surface area contributed by atoms with Crippen LogP contribution in [0.2, 0.25) is 10.0 Å². The summed E-state index contributed by atoms with van der Waals surface area (Å²) in [5, 5.41) is 17.1. The molecule has 180 valence electrons. The van der Waals surface area contributed by atoms with E-state index in [9.17, 15) is 14.0 Å². The molecule has 0 spiro atoms. The largest absolute Gasteiger partial charge is 0.373 e. The summed E-state index contributed by atoms with van der Waals surface area (Å²) in [5.74, 6) is -0.898. The van der Waals surface area contributed by atoms with Crippen molar-refractivity contribution in [1.82, 2.24) is 21.4 Å². The Morgan fingerprint density at radius 2 is 1.75 bits per heavy atom. The van der Waals surface area contributed by atoms with Crippen molar-refractivity contribution in [2.75, 3.05) is 10.6 Å². The molecule has 5 N–H and O–H groups in total. The van der Waals surface area contributed by atoms with Gasteiger partial charge in [0.1, 0.15) is 17.7 Å². The Kier molecular flexibility index (Phi) is 6.48. The molecule has 1 aromatic heterocycles. The van der Waals surface area contributed by atoms with Gasteiger partial charge in [0.05, 0.1) is 38.6 Å². The first-order chi connectivity index (χ1) is 17.4. The molecule has 0 radical (unpaired) electrons. The number of hydrogen-bond acceptors (Lipinski definition) is 7. The van der Waals surface area contributed by atoms with E-state index in [0.717, 1.165) is 11.3 Å². The van der Waals surface area contributed by atoms with Crippen LogP contribution in [0.15, 0.2) is 72.7 Å². The number of benzene rings is 3. The summed E-state index contributed by atoms with van der Waals surface area (Å²) in [5.41, 5.74) is 12.5. The molecular weight excluding hydrogens is 507 g/mol. The van der Waals surface area contributed by atoms with E-state index in [1.807, 2.05) is 0 Å². The van der Waals surface area contributed by atoms with Crippen LogP contribution in [-0.2, 0) is 0 Å². The van der Waals surface area contributed by atoms with E-state index in [0.29, 0.717) is 33.0 Å². The van der Waals surface area contributed by atoms with Gasteiger partial charge in [-0.25, -0.2) is 8.78 Å². The van der Waals surface area contributed by atoms with Crippen molar-refractivity contribution in [3.8, 4) is 6.07 Å². The predicted octanol–water partition coefficient (Wildman–Crippen LogP) is 6.04. The molecule has 0 amide bonds. The molecule has 0 saturated carbocycles. The van der Waals surface area contributed by atoms with Crippen molar-refractivity contribution < 1.29 is 8.78 Å². The van der Waals surface area contributed by atoms with E-state index in [-0.39, 0.29) is 16.4 Å². The van der Waals surface area contributed by atoms with Gasteiger partial charge < -0.3 is 21.5 Å². The van der Waals surface area contributed by atoms with E-state index in [1.54, 1.807) is 30.5 Å². The van der Waals surface area contributed by atoms with Crippen LogP contribution in [-0.4, -0.2) is 4.98 Å². The number of rotatable bonds is 6. The van der Waals surface area contributed by atoms with Crippen LogP contribution in [0.1, 0.15) is 17.2 Å². The first kappa shape index (κ1) is 23.6. The van der Waals surface area contributed by atoms with Crippen LogP contribution in [0.25, 0.3) is 10.9 Å². The van der Waals surface area contributed by atoms with Gasteiger partial charge in [-0.15, -0.1) is 0 Å². The number of nitrogens with zero attached hydrogens (tertiary/aromatic N) is 2. The second-order valence-corrected chi connectivity index (χ2v) is 8.70. The molecule has 0 bridgehead atoms. The molecule has 0 aliphatic carbocycles. The topological polar surface area (TPSA) is 96.8 Å². The molecule has 0 saturated heterocycles. The minimum absolute atomic E-state index is 0.0565. The van der Waals surface area contributed by atoms with Crippen LogP contribution in [0.3, 0.4) is 0 Å². The molecule has 0 fully saturated rings. The lowest BCUT2D eigenvalue weighted by Crippen LogP contribution is -2.33. The monoisotopic (exact) mass is 523 g/mol. The molecule has 5 rings (SSSR count). The fraction of sp³-hybridized carbons (Fsp3) is 0.0400. The lowest BCUT2D eigenvalue weighted by Gasteiger charge is -2.22. The molecule has 2 heterocycles.